The van der Waals surface area contributed by atoms with E-state index in [-0.39, 0.29) is 18.9 Å². The summed E-state index contributed by atoms with van der Waals surface area (Å²) in [6.45, 7) is 1.75. The molecule has 0 spiro atoms. The average molecular weight is 1410 g/mol. The summed E-state index contributed by atoms with van der Waals surface area (Å²) in [6.07, 6.45) is 48.8. The van der Waals surface area contributed by atoms with Gasteiger partial charge in [-0.25, -0.2) is 0 Å². The molecule has 17 unspecified atom stereocenters. The number of allylic oxidation sites excluding steroid dienone is 5. The van der Waals surface area contributed by atoms with E-state index in [1.165, 1.54) is 257 Å². The number of ether oxygens (including phenoxy) is 6. The van der Waals surface area contributed by atoms with E-state index in [1.807, 2.05) is 6.08 Å². The molecule has 3 aliphatic rings. The van der Waals surface area contributed by atoms with Crippen molar-refractivity contribution in [1.29, 1.82) is 0 Å². The molecular formula is C80H149NO18. The molecule has 3 aliphatic heterocycles. The molecule has 1 amide bonds. The van der Waals surface area contributed by atoms with Gasteiger partial charge in [0.25, 0.3) is 0 Å². The highest BCUT2D eigenvalue weighted by Crippen LogP contribution is 2.33. The second kappa shape index (κ2) is 61.2. The first-order valence-electron chi connectivity index (χ1n) is 40.7. The molecule has 3 rings (SSSR count). The van der Waals surface area contributed by atoms with Gasteiger partial charge in [0.1, 0.15) is 73.2 Å². The van der Waals surface area contributed by atoms with E-state index in [0.717, 1.165) is 44.9 Å². The molecule has 0 bridgehead atoms. The Balaban J connectivity index is 1.33. The normalized spacial score (nSPS) is 26.7. The lowest BCUT2D eigenvalue weighted by Gasteiger charge is -2.48. The molecule has 3 fully saturated rings. The highest BCUT2D eigenvalue weighted by molar-refractivity contribution is 5.76. The van der Waals surface area contributed by atoms with Crippen LogP contribution >= 0.6 is 0 Å². The van der Waals surface area contributed by atoms with E-state index in [2.05, 4.69) is 43.5 Å². The third-order valence-corrected chi connectivity index (χ3v) is 20.4. The lowest BCUT2D eigenvalue weighted by Crippen LogP contribution is -2.66. The van der Waals surface area contributed by atoms with Crippen molar-refractivity contribution in [2.45, 2.75) is 439 Å². The maximum absolute atomic E-state index is 13.5. The first kappa shape index (κ1) is 91.2. The van der Waals surface area contributed by atoms with E-state index in [4.69, 9.17) is 28.4 Å². The maximum atomic E-state index is 13.5. The highest BCUT2D eigenvalue weighted by Gasteiger charge is 2.54. The Morgan fingerprint density at radius 3 is 1.01 bits per heavy atom. The second-order valence-corrected chi connectivity index (χ2v) is 29.2. The summed E-state index contributed by atoms with van der Waals surface area (Å²) in [5.74, 6) is -0.283. The summed E-state index contributed by atoms with van der Waals surface area (Å²) in [4.78, 5) is 13.5. The summed E-state index contributed by atoms with van der Waals surface area (Å²) in [6, 6.07) is -0.995. The lowest BCUT2D eigenvalue weighted by molar-refractivity contribution is -0.379. The Bertz CT molecular complexity index is 1930. The Hall–Kier alpha value is -1.99. The van der Waals surface area contributed by atoms with Gasteiger partial charge >= 0.3 is 0 Å². The number of rotatable bonds is 65. The number of aliphatic hydroxyl groups is 11. The van der Waals surface area contributed by atoms with Crippen LogP contribution in [0.4, 0.5) is 0 Å². The van der Waals surface area contributed by atoms with Crippen LogP contribution in [0.5, 0.6) is 0 Å². The third kappa shape index (κ3) is 41.5. The Morgan fingerprint density at radius 2 is 0.646 bits per heavy atom. The first-order valence-corrected chi connectivity index (χ1v) is 40.7. The van der Waals surface area contributed by atoms with Crippen LogP contribution in [0.25, 0.3) is 0 Å². The second-order valence-electron chi connectivity index (χ2n) is 29.2. The summed E-state index contributed by atoms with van der Waals surface area (Å²) in [7, 11) is 0. The summed E-state index contributed by atoms with van der Waals surface area (Å²) in [5, 5.41) is 121. The lowest BCUT2D eigenvalue weighted by atomic mass is 9.96. The van der Waals surface area contributed by atoms with Gasteiger partial charge in [-0.15, -0.1) is 0 Å². The third-order valence-electron chi connectivity index (χ3n) is 20.4. The number of hydrogen-bond acceptors (Lipinski definition) is 18. The molecule has 0 aromatic heterocycles. The van der Waals surface area contributed by atoms with E-state index in [0.29, 0.717) is 12.8 Å². The number of carbonyl (C=O) groups is 1. The number of nitrogens with one attached hydrogen (secondary N) is 1. The van der Waals surface area contributed by atoms with Crippen molar-refractivity contribution < 1.29 is 89.4 Å². The fourth-order valence-corrected chi connectivity index (χ4v) is 13.9. The van der Waals surface area contributed by atoms with E-state index in [1.54, 1.807) is 6.08 Å². The molecule has 17 atom stereocenters. The van der Waals surface area contributed by atoms with Crippen molar-refractivity contribution in [2.75, 3.05) is 26.4 Å². The van der Waals surface area contributed by atoms with E-state index < -0.39 is 124 Å². The zero-order valence-electron chi connectivity index (χ0n) is 62.2. The Labute approximate surface area is 600 Å². The molecule has 582 valence electrons. The predicted molar refractivity (Wildman–Crippen MR) is 393 cm³/mol. The summed E-state index contributed by atoms with van der Waals surface area (Å²) in [5.41, 5.74) is 0. The van der Waals surface area contributed by atoms with Crippen molar-refractivity contribution in [3.05, 3.63) is 36.5 Å². The standard InChI is InChI=1S/C80H149NO18/c1-3-5-7-9-11-13-15-17-19-21-23-24-25-26-27-28-29-30-31-32-33-34-35-36-37-38-39-40-42-44-46-48-50-52-54-56-58-68(86)81-63(64(85)57-55-53-51-49-47-45-43-41-22-20-18-16-14-12-10-8-6-4-2)62-94-78-74(92)71(89)76(66(60-83)96-78)99-80-75(93)72(90)77(67(61-84)97-80)98-79-73(91)70(88)69(87)65(59-82)95-79/h22,41,47,49,55,57,63-67,69-80,82-85,87-93H,3-21,23-40,42-46,48,50-54,56,58-62H2,1-2H3,(H,81,86)/b41-22+,49-47+,57-55+. The van der Waals surface area contributed by atoms with Gasteiger partial charge in [0.05, 0.1) is 38.6 Å². The molecule has 19 nitrogen and oxygen atoms in total. The monoisotopic (exact) mass is 1410 g/mol. The molecule has 0 saturated carbocycles. The van der Waals surface area contributed by atoms with Crippen LogP contribution in [0.15, 0.2) is 36.5 Å². The molecule has 19 heteroatoms. The average Bonchev–Trinajstić information content (AvgIpc) is 0.785. The van der Waals surface area contributed by atoms with Crippen molar-refractivity contribution >= 4 is 5.91 Å². The number of hydrogen-bond donors (Lipinski definition) is 12. The fraction of sp³-hybridized carbons (Fsp3) is 0.912. The molecule has 0 aliphatic carbocycles. The molecule has 3 heterocycles. The molecule has 0 aromatic carbocycles. The van der Waals surface area contributed by atoms with Crippen LogP contribution in [-0.4, -0.2) is 193 Å². The van der Waals surface area contributed by atoms with E-state index >= 15 is 0 Å². The van der Waals surface area contributed by atoms with Crippen LogP contribution in [0.2, 0.25) is 0 Å². The SMILES string of the molecule is CCCCCCCCCC/C=C/CC/C=C/CC/C=C/C(O)C(COC1OC(CO)C(OC2OC(CO)C(OC3OC(CO)C(O)C(O)C3O)C(O)C2O)C(O)C1O)NC(=O)CCCCCCCCCCCCCCCCCCCCCCCCCCCCCCCCCCCCCC. The number of aliphatic hydroxyl groups excluding tert-OH is 11. The first-order chi connectivity index (χ1) is 48.3. The van der Waals surface area contributed by atoms with Crippen LogP contribution in [-0.2, 0) is 33.2 Å². The van der Waals surface area contributed by atoms with Crippen molar-refractivity contribution in [3.8, 4) is 0 Å². The smallest absolute Gasteiger partial charge is 0.220 e. The summed E-state index contributed by atoms with van der Waals surface area (Å²) < 4.78 is 34.4. The van der Waals surface area contributed by atoms with E-state index in [9.17, 15) is 61.0 Å². The highest BCUT2D eigenvalue weighted by atomic mass is 16.8. The van der Waals surface area contributed by atoms with Gasteiger partial charge in [-0.3, -0.25) is 4.79 Å². The molecule has 99 heavy (non-hydrogen) atoms. The molecule has 0 radical (unpaired) electrons. The molecular weight excluding hydrogens is 1260 g/mol. The van der Waals surface area contributed by atoms with Gasteiger partial charge in [0, 0.05) is 6.42 Å². The zero-order chi connectivity index (χ0) is 71.8. The van der Waals surface area contributed by atoms with Crippen LogP contribution < -0.4 is 5.32 Å². The fourth-order valence-electron chi connectivity index (χ4n) is 13.9. The number of amides is 1. The van der Waals surface area contributed by atoms with Gasteiger partial charge in [0.15, 0.2) is 18.9 Å². The zero-order valence-corrected chi connectivity index (χ0v) is 62.2. The number of carbonyl (C=O) groups excluding carboxylic acids is 1. The van der Waals surface area contributed by atoms with Gasteiger partial charge in [-0.1, -0.05) is 320 Å². The Morgan fingerprint density at radius 1 is 0.354 bits per heavy atom. The van der Waals surface area contributed by atoms with Crippen molar-refractivity contribution in [3.63, 3.8) is 0 Å². The van der Waals surface area contributed by atoms with Gasteiger partial charge in [0.2, 0.25) is 5.91 Å². The van der Waals surface area contributed by atoms with Crippen LogP contribution in [0, 0.1) is 0 Å². The largest absolute Gasteiger partial charge is 0.394 e. The minimum atomic E-state index is -1.98. The molecule has 3 saturated heterocycles. The summed E-state index contributed by atoms with van der Waals surface area (Å²) >= 11 is 0. The van der Waals surface area contributed by atoms with Crippen LogP contribution in [0.1, 0.15) is 335 Å². The predicted octanol–water partition coefficient (Wildman–Crippen LogP) is 13.5. The van der Waals surface area contributed by atoms with Gasteiger partial charge < -0.3 is 89.9 Å². The number of unbranched alkanes of at least 4 members (excludes halogenated alkanes) is 45. The van der Waals surface area contributed by atoms with Gasteiger partial charge in [-0.2, -0.15) is 0 Å². The Kier molecular flexibility index (Phi) is 56.4. The minimum Gasteiger partial charge on any atom is -0.394 e. The molecule has 12 N–H and O–H groups in total. The van der Waals surface area contributed by atoms with Gasteiger partial charge in [-0.05, 0) is 44.9 Å². The minimum absolute atomic E-state index is 0.236. The van der Waals surface area contributed by atoms with Crippen molar-refractivity contribution in [1.82, 2.24) is 5.32 Å². The molecule has 0 aromatic rings. The topological polar surface area (TPSA) is 307 Å². The maximum Gasteiger partial charge on any atom is 0.220 e. The van der Waals surface area contributed by atoms with Crippen LogP contribution in [0.3, 0.4) is 0 Å². The quantitative estimate of drug-likeness (QED) is 0.0199. The van der Waals surface area contributed by atoms with Crippen molar-refractivity contribution in [2.24, 2.45) is 0 Å².